The predicted molar refractivity (Wildman–Crippen MR) is 104 cm³/mol. The first-order valence-electron chi connectivity index (χ1n) is 8.54. The summed E-state index contributed by atoms with van der Waals surface area (Å²) in [4.78, 5) is 12.9. The molecule has 0 spiro atoms. The van der Waals surface area contributed by atoms with Crippen molar-refractivity contribution in [1.29, 1.82) is 0 Å². The third kappa shape index (κ3) is 5.35. The Morgan fingerprint density at radius 1 is 1.07 bits per heavy atom. The van der Waals surface area contributed by atoms with E-state index in [1.54, 1.807) is 24.4 Å². The van der Waals surface area contributed by atoms with Crippen LogP contribution in [0.5, 0.6) is 0 Å². The van der Waals surface area contributed by atoms with Crippen LogP contribution in [0, 0.1) is 13.8 Å². The lowest BCUT2D eigenvalue weighted by atomic mass is 10.2. The zero-order chi connectivity index (χ0) is 19.3. The molecule has 2 heterocycles. The fourth-order valence-electron chi connectivity index (χ4n) is 2.63. The van der Waals surface area contributed by atoms with Gasteiger partial charge in [0.15, 0.2) is 0 Å². The Hall–Kier alpha value is -2.78. The Morgan fingerprint density at radius 2 is 1.85 bits per heavy atom. The van der Waals surface area contributed by atoms with Crippen LogP contribution in [0.4, 0.5) is 5.82 Å². The van der Waals surface area contributed by atoms with Gasteiger partial charge in [-0.1, -0.05) is 30.3 Å². The second-order valence-corrected chi connectivity index (χ2v) is 7.88. The summed E-state index contributed by atoms with van der Waals surface area (Å²) in [6, 6.07) is 10.9. The maximum Gasteiger partial charge on any atom is 0.215 e. The Balaban J connectivity index is 1.56. The van der Waals surface area contributed by atoms with E-state index < -0.39 is 10.0 Å². The van der Waals surface area contributed by atoms with Crippen molar-refractivity contribution >= 4 is 15.8 Å². The summed E-state index contributed by atoms with van der Waals surface area (Å²) in [6.07, 6.45) is 3.54. The SMILES string of the molecule is Cc1nc(NCCNS(=O)(=O)Cc2ccccc2)cc(-n2ccnc2C)n1. The predicted octanol–water partition coefficient (Wildman–Crippen LogP) is 1.81. The lowest BCUT2D eigenvalue weighted by molar-refractivity contribution is 0.582. The van der Waals surface area contributed by atoms with Crippen LogP contribution < -0.4 is 10.0 Å². The zero-order valence-electron chi connectivity index (χ0n) is 15.3. The molecule has 9 heteroatoms. The van der Waals surface area contributed by atoms with Gasteiger partial charge in [0.05, 0.1) is 5.75 Å². The third-order valence-corrected chi connectivity index (χ3v) is 5.21. The first kappa shape index (κ1) is 19.0. The van der Waals surface area contributed by atoms with Gasteiger partial charge in [-0.25, -0.2) is 28.1 Å². The maximum absolute atomic E-state index is 12.1. The molecule has 1 aromatic carbocycles. The van der Waals surface area contributed by atoms with Crippen molar-refractivity contribution in [3.8, 4) is 5.82 Å². The summed E-state index contributed by atoms with van der Waals surface area (Å²) in [7, 11) is -3.38. The molecule has 0 aliphatic rings. The quantitative estimate of drug-likeness (QED) is 0.573. The summed E-state index contributed by atoms with van der Waals surface area (Å²) in [6.45, 7) is 4.38. The first-order valence-corrected chi connectivity index (χ1v) is 10.2. The van der Waals surface area contributed by atoms with Gasteiger partial charge in [0.2, 0.25) is 10.0 Å². The molecule has 0 bridgehead atoms. The van der Waals surface area contributed by atoms with E-state index in [1.165, 1.54) is 0 Å². The molecule has 3 rings (SSSR count). The van der Waals surface area contributed by atoms with E-state index in [-0.39, 0.29) is 12.3 Å². The van der Waals surface area contributed by atoms with E-state index in [0.717, 1.165) is 11.4 Å². The number of imidazole rings is 1. The summed E-state index contributed by atoms with van der Waals surface area (Å²) in [5.41, 5.74) is 0.754. The Bertz CT molecular complexity index is 1000. The molecule has 0 aliphatic carbocycles. The van der Waals surface area contributed by atoms with Gasteiger partial charge < -0.3 is 5.32 Å². The Kier molecular flexibility index (Phi) is 5.82. The van der Waals surface area contributed by atoms with Gasteiger partial charge in [0.25, 0.3) is 0 Å². The van der Waals surface area contributed by atoms with Crippen LogP contribution in [-0.4, -0.2) is 41.0 Å². The molecule has 0 atom stereocenters. The maximum atomic E-state index is 12.1. The van der Waals surface area contributed by atoms with Crippen molar-refractivity contribution in [3.05, 3.63) is 66.0 Å². The smallest absolute Gasteiger partial charge is 0.215 e. The molecule has 27 heavy (non-hydrogen) atoms. The molecule has 8 nitrogen and oxygen atoms in total. The topological polar surface area (TPSA) is 102 Å². The van der Waals surface area contributed by atoms with E-state index in [4.69, 9.17) is 0 Å². The number of aryl methyl sites for hydroxylation is 2. The number of benzene rings is 1. The number of hydrogen-bond acceptors (Lipinski definition) is 6. The number of nitrogens with zero attached hydrogens (tertiary/aromatic N) is 4. The van der Waals surface area contributed by atoms with Crippen LogP contribution in [0.1, 0.15) is 17.2 Å². The average molecular weight is 386 g/mol. The largest absolute Gasteiger partial charge is 0.369 e. The van der Waals surface area contributed by atoms with Gasteiger partial charge in [-0.2, -0.15) is 0 Å². The number of hydrogen-bond donors (Lipinski definition) is 2. The molecule has 0 saturated carbocycles. The van der Waals surface area contributed by atoms with E-state index in [9.17, 15) is 8.42 Å². The van der Waals surface area contributed by atoms with Gasteiger partial charge in [-0.05, 0) is 19.4 Å². The Labute approximate surface area is 158 Å². The zero-order valence-corrected chi connectivity index (χ0v) is 16.1. The monoisotopic (exact) mass is 386 g/mol. The molecular weight excluding hydrogens is 364 g/mol. The van der Waals surface area contributed by atoms with Gasteiger partial charge in [0, 0.05) is 31.5 Å². The number of nitrogens with one attached hydrogen (secondary N) is 2. The number of aromatic nitrogens is 4. The summed E-state index contributed by atoms with van der Waals surface area (Å²) in [5.74, 6) is 2.75. The third-order valence-electron chi connectivity index (χ3n) is 3.85. The van der Waals surface area contributed by atoms with Gasteiger partial charge >= 0.3 is 0 Å². The van der Waals surface area contributed by atoms with Crippen molar-refractivity contribution in [2.24, 2.45) is 0 Å². The lowest BCUT2D eigenvalue weighted by Crippen LogP contribution is -2.30. The van der Waals surface area contributed by atoms with Crippen molar-refractivity contribution in [3.63, 3.8) is 0 Å². The van der Waals surface area contributed by atoms with Crippen molar-refractivity contribution in [2.45, 2.75) is 19.6 Å². The highest BCUT2D eigenvalue weighted by atomic mass is 32.2. The molecule has 0 saturated heterocycles. The molecule has 0 fully saturated rings. The normalized spacial score (nSPS) is 11.5. The first-order chi connectivity index (χ1) is 12.9. The average Bonchev–Trinajstić information content (AvgIpc) is 3.05. The molecule has 2 N–H and O–H groups in total. The van der Waals surface area contributed by atoms with Crippen molar-refractivity contribution in [2.75, 3.05) is 18.4 Å². The van der Waals surface area contributed by atoms with Crippen LogP contribution in [0.3, 0.4) is 0 Å². The van der Waals surface area contributed by atoms with Crippen molar-refractivity contribution in [1.82, 2.24) is 24.2 Å². The van der Waals surface area contributed by atoms with Gasteiger partial charge in [0.1, 0.15) is 23.3 Å². The second kappa shape index (κ2) is 8.28. The van der Waals surface area contributed by atoms with Crippen LogP contribution in [-0.2, 0) is 15.8 Å². The highest BCUT2D eigenvalue weighted by molar-refractivity contribution is 7.88. The minimum atomic E-state index is -3.38. The summed E-state index contributed by atoms with van der Waals surface area (Å²) in [5, 5.41) is 3.13. The van der Waals surface area contributed by atoms with E-state index >= 15 is 0 Å². The second-order valence-electron chi connectivity index (χ2n) is 6.07. The van der Waals surface area contributed by atoms with Crippen LogP contribution >= 0.6 is 0 Å². The highest BCUT2D eigenvalue weighted by Crippen LogP contribution is 2.12. The highest BCUT2D eigenvalue weighted by Gasteiger charge is 2.11. The minimum Gasteiger partial charge on any atom is -0.369 e. The number of rotatable bonds is 8. The van der Waals surface area contributed by atoms with E-state index in [1.807, 2.05) is 42.8 Å². The Morgan fingerprint density at radius 3 is 2.56 bits per heavy atom. The molecule has 0 amide bonds. The van der Waals surface area contributed by atoms with E-state index in [2.05, 4.69) is 25.0 Å². The van der Waals surface area contributed by atoms with Crippen LogP contribution in [0.15, 0.2) is 48.8 Å². The molecule has 142 valence electrons. The fraction of sp³-hybridized carbons (Fsp3) is 0.278. The van der Waals surface area contributed by atoms with Gasteiger partial charge in [-0.3, -0.25) is 4.57 Å². The molecule has 0 radical (unpaired) electrons. The molecule has 0 unspecified atom stereocenters. The standard InChI is InChI=1S/C18H22N6O2S/c1-14-22-17(12-18(23-14)24-11-10-19-15(24)2)20-8-9-21-27(25,26)13-16-6-4-3-5-7-16/h3-7,10-12,21H,8-9,13H2,1-2H3,(H,20,22,23). The minimum absolute atomic E-state index is 0.0372. The van der Waals surface area contributed by atoms with Crippen LogP contribution in [0.2, 0.25) is 0 Å². The molecule has 2 aromatic heterocycles. The molecule has 3 aromatic rings. The lowest BCUT2D eigenvalue weighted by Gasteiger charge is -2.11. The van der Waals surface area contributed by atoms with Crippen molar-refractivity contribution < 1.29 is 8.42 Å². The van der Waals surface area contributed by atoms with E-state index in [0.29, 0.717) is 24.0 Å². The van der Waals surface area contributed by atoms with Crippen LogP contribution in [0.25, 0.3) is 5.82 Å². The number of anilines is 1. The number of sulfonamides is 1. The fourth-order valence-corrected chi connectivity index (χ4v) is 3.77. The summed E-state index contributed by atoms with van der Waals surface area (Å²) < 4.78 is 28.7. The molecular formula is C18H22N6O2S. The molecule has 0 aliphatic heterocycles. The summed E-state index contributed by atoms with van der Waals surface area (Å²) >= 11 is 0. The van der Waals surface area contributed by atoms with Gasteiger partial charge in [-0.15, -0.1) is 0 Å².